The van der Waals surface area contributed by atoms with E-state index in [-0.39, 0.29) is 5.91 Å². The Morgan fingerprint density at radius 1 is 1.17 bits per heavy atom. The molecule has 2 aromatic rings. The van der Waals surface area contributed by atoms with Crippen LogP contribution in [0.5, 0.6) is 11.5 Å². The van der Waals surface area contributed by atoms with Gasteiger partial charge in [-0.3, -0.25) is 4.79 Å². The summed E-state index contributed by atoms with van der Waals surface area (Å²) in [5.74, 6) is 1.60. The predicted octanol–water partition coefficient (Wildman–Crippen LogP) is 5.97. The Hall–Kier alpha value is -2.44. The van der Waals surface area contributed by atoms with Crippen molar-refractivity contribution in [2.75, 3.05) is 13.2 Å². The molecule has 1 heterocycles. The molecule has 0 aromatic heterocycles. The Bertz CT molecular complexity index is 1000. The van der Waals surface area contributed by atoms with Crippen LogP contribution in [0.1, 0.15) is 31.9 Å². The van der Waals surface area contributed by atoms with Crippen molar-refractivity contribution in [2.24, 2.45) is 10.9 Å². The van der Waals surface area contributed by atoms with Crippen LogP contribution in [-0.2, 0) is 4.79 Å². The highest BCUT2D eigenvalue weighted by Crippen LogP contribution is 2.33. The number of aliphatic imine (C=N–C) groups is 1. The molecule has 0 spiro atoms. The fraction of sp³-hybridized carbons (Fsp3) is 0.304. The van der Waals surface area contributed by atoms with Crippen LogP contribution in [-0.4, -0.2) is 24.3 Å². The molecule has 0 radical (unpaired) electrons. The lowest BCUT2D eigenvalue weighted by molar-refractivity contribution is -0.115. The van der Waals surface area contributed by atoms with Gasteiger partial charge in [-0.15, -0.1) is 0 Å². The van der Waals surface area contributed by atoms with Gasteiger partial charge in [0.1, 0.15) is 0 Å². The van der Waals surface area contributed by atoms with Gasteiger partial charge in [0.25, 0.3) is 5.91 Å². The van der Waals surface area contributed by atoms with Crippen molar-refractivity contribution in [3.8, 4) is 11.5 Å². The molecule has 30 heavy (non-hydrogen) atoms. The number of benzene rings is 2. The first kappa shape index (κ1) is 22.2. The molecule has 0 saturated carbocycles. The van der Waals surface area contributed by atoms with Gasteiger partial charge in [-0.05, 0) is 73.0 Å². The quantitative estimate of drug-likeness (QED) is 0.534. The second-order valence-corrected chi connectivity index (χ2v) is 8.70. The summed E-state index contributed by atoms with van der Waals surface area (Å²) in [5, 5.41) is 3.96. The Balaban J connectivity index is 1.80. The normalized spacial score (nSPS) is 16.4. The molecule has 1 fully saturated rings. The number of amidine groups is 1. The molecule has 1 aliphatic heterocycles. The number of thioether (sulfide) groups is 1. The van der Waals surface area contributed by atoms with Crippen molar-refractivity contribution < 1.29 is 14.3 Å². The lowest BCUT2D eigenvalue weighted by atomic mass is 10.2. The summed E-state index contributed by atoms with van der Waals surface area (Å²) in [6.07, 6.45) is 1.82. The third-order valence-corrected chi connectivity index (χ3v) is 5.49. The highest BCUT2D eigenvalue weighted by atomic mass is 35.5. The minimum Gasteiger partial charge on any atom is -0.490 e. The van der Waals surface area contributed by atoms with Crippen LogP contribution < -0.4 is 14.8 Å². The third-order valence-electron chi connectivity index (χ3n) is 4.17. The van der Waals surface area contributed by atoms with Gasteiger partial charge in [0, 0.05) is 5.02 Å². The number of nitrogens with zero attached hydrogens (tertiary/aromatic N) is 1. The maximum Gasteiger partial charge on any atom is 0.264 e. The van der Waals surface area contributed by atoms with Gasteiger partial charge in [-0.1, -0.05) is 37.6 Å². The van der Waals surface area contributed by atoms with Crippen molar-refractivity contribution in [1.29, 1.82) is 0 Å². The van der Waals surface area contributed by atoms with Gasteiger partial charge in [0.2, 0.25) is 0 Å². The van der Waals surface area contributed by atoms with E-state index in [0.29, 0.717) is 51.4 Å². The van der Waals surface area contributed by atoms with Crippen molar-refractivity contribution in [3.63, 3.8) is 0 Å². The number of amides is 1. The lowest BCUT2D eigenvalue weighted by Crippen LogP contribution is -2.19. The second-order valence-electron chi connectivity index (χ2n) is 7.26. The Morgan fingerprint density at radius 3 is 2.67 bits per heavy atom. The van der Waals surface area contributed by atoms with E-state index in [1.54, 1.807) is 6.07 Å². The smallest absolute Gasteiger partial charge is 0.264 e. The maximum absolute atomic E-state index is 12.4. The van der Waals surface area contributed by atoms with E-state index in [9.17, 15) is 4.79 Å². The number of nitrogens with one attached hydrogen (secondary N) is 1. The van der Waals surface area contributed by atoms with Crippen molar-refractivity contribution >= 4 is 46.2 Å². The molecule has 1 saturated heterocycles. The van der Waals surface area contributed by atoms with Crippen LogP contribution in [0, 0.1) is 12.8 Å². The van der Waals surface area contributed by atoms with Gasteiger partial charge in [0.15, 0.2) is 16.7 Å². The average Bonchev–Trinajstić information content (AvgIpc) is 3.03. The summed E-state index contributed by atoms with van der Waals surface area (Å²) < 4.78 is 11.6. The summed E-state index contributed by atoms with van der Waals surface area (Å²) in [6, 6.07) is 11.2. The minimum atomic E-state index is -0.185. The summed E-state index contributed by atoms with van der Waals surface area (Å²) in [6.45, 7) is 9.20. The molecule has 3 rings (SSSR count). The fourth-order valence-electron chi connectivity index (χ4n) is 2.66. The average molecular weight is 445 g/mol. The van der Waals surface area contributed by atoms with Crippen LogP contribution in [0.3, 0.4) is 0 Å². The molecule has 1 N–H and O–H groups in total. The fourth-order valence-corrected chi connectivity index (χ4v) is 3.68. The first-order valence-corrected chi connectivity index (χ1v) is 11.0. The SMILES string of the molecule is CCOc1cc(/C=C2\SC(=Nc3ccc(C)c(Cl)c3)NC2=O)ccc1OCC(C)C. The number of hydrogen-bond acceptors (Lipinski definition) is 5. The van der Waals surface area contributed by atoms with Crippen LogP contribution in [0.15, 0.2) is 46.3 Å². The summed E-state index contributed by atoms with van der Waals surface area (Å²) in [4.78, 5) is 17.4. The summed E-state index contributed by atoms with van der Waals surface area (Å²) >= 11 is 7.45. The van der Waals surface area contributed by atoms with E-state index >= 15 is 0 Å². The van der Waals surface area contributed by atoms with Crippen LogP contribution >= 0.6 is 23.4 Å². The monoisotopic (exact) mass is 444 g/mol. The zero-order valence-electron chi connectivity index (χ0n) is 17.5. The van der Waals surface area contributed by atoms with Crippen molar-refractivity contribution in [3.05, 3.63) is 57.5 Å². The molecule has 0 unspecified atom stereocenters. The Labute approximate surface area is 186 Å². The van der Waals surface area contributed by atoms with E-state index in [0.717, 1.165) is 11.1 Å². The number of rotatable bonds is 7. The third kappa shape index (κ3) is 5.80. The predicted molar refractivity (Wildman–Crippen MR) is 125 cm³/mol. The molecule has 0 aliphatic carbocycles. The van der Waals surface area contributed by atoms with Crippen molar-refractivity contribution in [1.82, 2.24) is 5.32 Å². The molecular weight excluding hydrogens is 420 g/mol. The van der Waals surface area contributed by atoms with Crippen LogP contribution in [0.4, 0.5) is 5.69 Å². The molecule has 1 aliphatic rings. The van der Waals surface area contributed by atoms with E-state index in [2.05, 4.69) is 24.2 Å². The molecule has 7 heteroatoms. The van der Waals surface area contributed by atoms with Gasteiger partial charge in [-0.2, -0.15) is 0 Å². The van der Waals surface area contributed by atoms with E-state index < -0.39 is 0 Å². The van der Waals surface area contributed by atoms with Gasteiger partial charge < -0.3 is 14.8 Å². The molecule has 5 nitrogen and oxygen atoms in total. The molecule has 158 valence electrons. The summed E-state index contributed by atoms with van der Waals surface area (Å²) in [5.41, 5.74) is 2.53. The highest BCUT2D eigenvalue weighted by molar-refractivity contribution is 8.18. The number of halogens is 1. The maximum atomic E-state index is 12.4. The number of ether oxygens (including phenoxy) is 2. The molecule has 0 bridgehead atoms. The van der Waals surface area contributed by atoms with Gasteiger partial charge >= 0.3 is 0 Å². The van der Waals surface area contributed by atoms with E-state index in [4.69, 9.17) is 21.1 Å². The topological polar surface area (TPSA) is 59.9 Å². The zero-order valence-corrected chi connectivity index (χ0v) is 19.1. The Kier molecular flexibility index (Phi) is 7.45. The van der Waals surface area contributed by atoms with Crippen LogP contribution in [0.2, 0.25) is 5.02 Å². The highest BCUT2D eigenvalue weighted by Gasteiger charge is 2.24. The lowest BCUT2D eigenvalue weighted by Gasteiger charge is -2.14. The van der Waals surface area contributed by atoms with Crippen LogP contribution in [0.25, 0.3) is 6.08 Å². The zero-order chi connectivity index (χ0) is 21.7. The standard InChI is InChI=1S/C23H25ClN2O3S/c1-5-28-20-10-16(7-9-19(20)29-13-14(2)3)11-21-22(27)26-23(30-21)25-17-8-6-15(4)18(24)12-17/h6-12,14H,5,13H2,1-4H3,(H,25,26,27)/b21-11-. The molecular formula is C23H25ClN2O3S. The van der Waals surface area contributed by atoms with Gasteiger partial charge in [0.05, 0.1) is 23.8 Å². The summed E-state index contributed by atoms with van der Waals surface area (Å²) in [7, 11) is 0. The van der Waals surface area contributed by atoms with Gasteiger partial charge in [-0.25, -0.2) is 4.99 Å². The first-order chi connectivity index (χ1) is 14.4. The Morgan fingerprint density at radius 2 is 1.97 bits per heavy atom. The number of hydrogen-bond donors (Lipinski definition) is 1. The largest absolute Gasteiger partial charge is 0.490 e. The van der Waals surface area contributed by atoms with E-state index in [1.165, 1.54) is 11.8 Å². The minimum absolute atomic E-state index is 0.185. The number of carbonyl (C=O) groups is 1. The molecule has 1 amide bonds. The molecule has 2 aromatic carbocycles. The van der Waals surface area contributed by atoms with E-state index in [1.807, 2.05) is 50.3 Å². The van der Waals surface area contributed by atoms with Crippen molar-refractivity contribution in [2.45, 2.75) is 27.7 Å². The molecule has 0 atom stereocenters. The second kappa shape index (κ2) is 10.0. The first-order valence-electron chi connectivity index (χ1n) is 9.81. The number of carbonyl (C=O) groups excluding carboxylic acids is 1. The number of aryl methyl sites for hydroxylation is 1.